The van der Waals surface area contributed by atoms with Crippen LogP contribution in [0.3, 0.4) is 0 Å². The Bertz CT molecular complexity index is 296. The van der Waals surface area contributed by atoms with E-state index in [1.165, 1.54) is 6.42 Å². The number of piperidine rings is 2. The van der Waals surface area contributed by atoms with Gasteiger partial charge in [0.2, 0.25) is 0 Å². The lowest BCUT2D eigenvalue weighted by molar-refractivity contribution is 0.000602. The van der Waals surface area contributed by atoms with Crippen LogP contribution in [-0.2, 0) is 4.74 Å². The van der Waals surface area contributed by atoms with E-state index < -0.39 is 0 Å². The largest absolute Gasteiger partial charge is 0.379 e. The predicted octanol–water partition coefficient (Wildman–Crippen LogP) is 2.20. The number of carbonyl (C=O) groups excluding carboxylic acids is 1. The minimum atomic E-state index is 0.199. The molecule has 18 heavy (non-hydrogen) atoms. The van der Waals surface area contributed by atoms with E-state index in [9.17, 15) is 4.79 Å². The minimum Gasteiger partial charge on any atom is -0.379 e. The molecule has 0 bridgehead atoms. The minimum absolute atomic E-state index is 0.199. The molecular formula is C14H26N2O2. The van der Waals surface area contributed by atoms with Gasteiger partial charge in [0, 0.05) is 33.3 Å². The van der Waals surface area contributed by atoms with Gasteiger partial charge in [0.1, 0.15) is 0 Å². The second kappa shape index (κ2) is 5.91. The fraction of sp³-hybridized carbons (Fsp3) is 0.929. The summed E-state index contributed by atoms with van der Waals surface area (Å²) in [5.74, 6) is 1.20. The molecule has 4 nitrogen and oxygen atoms in total. The molecule has 2 rings (SSSR count). The van der Waals surface area contributed by atoms with Crippen LogP contribution in [0, 0.1) is 11.8 Å². The Labute approximate surface area is 110 Å². The van der Waals surface area contributed by atoms with Gasteiger partial charge in [0.15, 0.2) is 0 Å². The van der Waals surface area contributed by atoms with Gasteiger partial charge in [-0.25, -0.2) is 4.79 Å². The highest BCUT2D eigenvalue weighted by atomic mass is 16.5. The number of methoxy groups -OCH3 is 1. The van der Waals surface area contributed by atoms with Crippen LogP contribution in [0.15, 0.2) is 0 Å². The van der Waals surface area contributed by atoms with Crippen molar-refractivity contribution in [2.24, 2.45) is 11.8 Å². The molecule has 0 aromatic heterocycles. The first-order valence-corrected chi connectivity index (χ1v) is 7.18. The molecule has 2 fully saturated rings. The van der Waals surface area contributed by atoms with Gasteiger partial charge in [-0.15, -0.1) is 0 Å². The third-order valence-electron chi connectivity index (χ3n) is 4.39. The van der Waals surface area contributed by atoms with Crippen LogP contribution < -0.4 is 0 Å². The summed E-state index contributed by atoms with van der Waals surface area (Å²) in [6, 6.07) is 0.218. The molecule has 0 aromatic rings. The van der Waals surface area contributed by atoms with Gasteiger partial charge in [-0.2, -0.15) is 0 Å². The lowest BCUT2D eigenvalue weighted by Gasteiger charge is -2.40. The van der Waals surface area contributed by atoms with Crippen molar-refractivity contribution < 1.29 is 9.53 Å². The lowest BCUT2D eigenvalue weighted by Crippen LogP contribution is -2.53. The van der Waals surface area contributed by atoms with Crippen molar-refractivity contribution in [3.8, 4) is 0 Å². The first-order chi connectivity index (χ1) is 8.61. The predicted molar refractivity (Wildman–Crippen MR) is 71.5 cm³/mol. The number of rotatable bonds is 1. The molecule has 2 amide bonds. The number of ether oxygens (including phenoxy) is 1. The highest BCUT2D eigenvalue weighted by Crippen LogP contribution is 2.22. The Kier molecular flexibility index (Phi) is 4.49. The van der Waals surface area contributed by atoms with Crippen LogP contribution in [0.5, 0.6) is 0 Å². The molecule has 104 valence electrons. The van der Waals surface area contributed by atoms with E-state index in [0.717, 1.165) is 39.0 Å². The van der Waals surface area contributed by atoms with Crippen molar-refractivity contribution in [2.45, 2.75) is 39.2 Å². The standard InChI is InChI=1S/C14H26N2O2/c1-11-5-4-7-15(9-11)14(17)16-8-6-12(2)13(10-16)18-3/h11-13H,4-10H2,1-3H3. The van der Waals surface area contributed by atoms with Gasteiger partial charge in [-0.1, -0.05) is 13.8 Å². The number of hydrogen-bond acceptors (Lipinski definition) is 2. The number of hydrogen-bond donors (Lipinski definition) is 0. The van der Waals surface area contributed by atoms with Crippen LogP contribution >= 0.6 is 0 Å². The molecule has 0 aromatic carbocycles. The topological polar surface area (TPSA) is 32.8 Å². The molecule has 0 spiro atoms. The first kappa shape index (κ1) is 13.7. The van der Waals surface area contributed by atoms with Crippen LogP contribution in [0.1, 0.15) is 33.1 Å². The van der Waals surface area contributed by atoms with E-state index in [2.05, 4.69) is 13.8 Å². The number of carbonyl (C=O) groups is 1. The van der Waals surface area contributed by atoms with Crippen LogP contribution in [0.25, 0.3) is 0 Å². The molecule has 0 aliphatic carbocycles. The summed E-state index contributed by atoms with van der Waals surface area (Å²) in [5.41, 5.74) is 0. The molecule has 2 aliphatic heterocycles. The fourth-order valence-electron chi connectivity index (χ4n) is 3.08. The van der Waals surface area contributed by atoms with Crippen molar-refractivity contribution >= 4 is 6.03 Å². The van der Waals surface area contributed by atoms with Crippen molar-refractivity contribution in [1.82, 2.24) is 9.80 Å². The van der Waals surface area contributed by atoms with Gasteiger partial charge in [0.25, 0.3) is 0 Å². The van der Waals surface area contributed by atoms with E-state index in [1.54, 1.807) is 7.11 Å². The molecule has 2 aliphatic rings. The fourth-order valence-corrected chi connectivity index (χ4v) is 3.08. The number of nitrogens with zero attached hydrogens (tertiary/aromatic N) is 2. The zero-order valence-electron chi connectivity index (χ0n) is 11.9. The highest BCUT2D eigenvalue weighted by molar-refractivity contribution is 5.74. The number of amides is 2. The lowest BCUT2D eigenvalue weighted by atomic mass is 9.95. The highest BCUT2D eigenvalue weighted by Gasteiger charge is 2.32. The SMILES string of the molecule is COC1CN(C(=O)N2CCCC(C)C2)CCC1C. The Morgan fingerprint density at radius 2 is 1.83 bits per heavy atom. The maximum Gasteiger partial charge on any atom is 0.320 e. The van der Waals surface area contributed by atoms with Gasteiger partial charge in [-0.05, 0) is 31.1 Å². The Balaban J connectivity index is 1.92. The van der Waals surface area contributed by atoms with E-state index >= 15 is 0 Å². The molecule has 2 saturated heterocycles. The quantitative estimate of drug-likeness (QED) is 0.718. The average molecular weight is 254 g/mol. The summed E-state index contributed by atoms with van der Waals surface area (Å²) in [6.07, 6.45) is 3.64. The van der Waals surface area contributed by atoms with Crippen LogP contribution in [0.2, 0.25) is 0 Å². The molecular weight excluding hydrogens is 228 g/mol. The zero-order chi connectivity index (χ0) is 13.1. The Hall–Kier alpha value is -0.770. The maximum absolute atomic E-state index is 12.5. The van der Waals surface area contributed by atoms with Crippen molar-refractivity contribution in [3.63, 3.8) is 0 Å². The summed E-state index contributed by atoms with van der Waals surface area (Å²) < 4.78 is 5.48. The third-order valence-corrected chi connectivity index (χ3v) is 4.39. The van der Waals surface area contributed by atoms with E-state index in [0.29, 0.717) is 11.8 Å². The van der Waals surface area contributed by atoms with Crippen molar-refractivity contribution in [2.75, 3.05) is 33.3 Å². The second-order valence-corrected chi connectivity index (χ2v) is 5.96. The molecule has 0 radical (unpaired) electrons. The van der Waals surface area contributed by atoms with E-state index in [4.69, 9.17) is 4.74 Å². The Morgan fingerprint density at radius 1 is 1.11 bits per heavy atom. The van der Waals surface area contributed by atoms with Gasteiger partial charge in [-0.3, -0.25) is 0 Å². The second-order valence-electron chi connectivity index (χ2n) is 5.96. The molecule has 4 heteroatoms. The summed E-state index contributed by atoms with van der Waals surface area (Å²) >= 11 is 0. The van der Waals surface area contributed by atoms with Crippen molar-refractivity contribution in [3.05, 3.63) is 0 Å². The summed E-state index contributed by atoms with van der Waals surface area (Å²) in [5, 5.41) is 0. The van der Waals surface area contributed by atoms with Gasteiger partial charge in [0.05, 0.1) is 6.10 Å². The smallest absolute Gasteiger partial charge is 0.320 e. The normalized spacial score (nSPS) is 33.6. The van der Waals surface area contributed by atoms with E-state index in [-0.39, 0.29) is 12.1 Å². The van der Waals surface area contributed by atoms with Crippen LogP contribution in [-0.4, -0.2) is 55.2 Å². The van der Waals surface area contributed by atoms with Gasteiger partial charge >= 0.3 is 6.03 Å². The first-order valence-electron chi connectivity index (χ1n) is 7.18. The monoisotopic (exact) mass is 254 g/mol. The molecule has 2 heterocycles. The summed E-state index contributed by atoms with van der Waals surface area (Å²) in [4.78, 5) is 16.5. The molecule has 0 saturated carbocycles. The Morgan fingerprint density at radius 3 is 2.50 bits per heavy atom. The van der Waals surface area contributed by atoms with Crippen molar-refractivity contribution in [1.29, 1.82) is 0 Å². The summed E-state index contributed by atoms with van der Waals surface area (Å²) in [7, 11) is 1.75. The third kappa shape index (κ3) is 2.97. The van der Waals surface area contributed by atoms with E-state index in [1.807, 2.05) is 9.80 Å². The maximum atomic E-state index is 12.5. The number of urea groups is 1. The molecule has 3 atom stereocenters. The number of likely N-dealkylation sites (tertiary alicyclic amines) is 2. The summed E-state index contributed by atoms with van der Waals surface area (Å²) in [6.45, 7) is 7.91. The van der Waals surface area contributed by atoms with Crippen LogP contribution in [0.4, 0.5) is 4.79 Å². The zero-order valence-corrected chi connectivity index (χ0v) is 11.9. The average Bonchev–Trinajstić information content (AvgIpc) is 2.38. The van der Waals surface area contributed by atoms with Gasteiger partial charge < -0.3 is 14.5 Å². The molecule has 0 N–H and O–H groups in total. The molecule has 3 unspecified atom stereocenters.